The number of hydrazone groups is 1. The molecule has 0 aromatic heterocycles. The summed E-state index contributed by atoms with van der Waals surface area (Å²) in [5.74, 6) is -2.50. The van der Waals surface area contributed by atoms with Gasteiger partial charge in [-0.15, -0.1) is 0 Å². The summed E-state index contributed by atoms with van der Waals surface area (Å²) >= 11 is 0. The predicted octanol–water partition coefficient (Wildman–Crippen LogP) is 2.21. The average molecular weight is 536 g/mol. The molecular weight excluding hydrogens is 504 g/mol. The average Bonchev–Trinajstić information content (AvgIpc) is 3.24. The zero-order valence-corrected chi connectivity index (χ0v) is 21.3. The van der Waals surface area contributed by atoms with Crippen molar-refractivity contribution in [3.8, 4) is 11.1 Å². The Morgan fingerprint density at radius 1 is 1.00 bits per heavy atom. The molecule has 39 heavy (non-hydrogen) atoms. The van der Waals surface area contributed by atoms with E-state index in [2.05, 4.69) is 21.2 Å². The summed E-state index contributed by atoms with van der Waals surface area (Å²) in [4.78, 5) is 46.8. The molecule has 1 fully saturated rings. The SMILES string of the molecule is O=C([O-])C[C@@H](/C=N/NC(=O)NCC1CCC(C(=O)O)CC1)NC(=O)OCC1c2ccccc2-c2ccccc21. The topological polar surface area (TPSA) is 169 Å². The fourth-order valence-corrected chi connectivity index (χ4v) is 5.19. The van der Waals surface area contributed by atoms with Crippen LogP contribution in [0.5, 0.6) is 0 Å². The van der Waals surface area contributed by atoms with Gasteiger partial charge in [0.05, 0.1) is 12.0 Å². The summed E-state index contributed by atoms with van der Waals surface area (Å²) in [5.41, 5.74) is 6.51. The smallest absolute Gasteiger partial charge is 0.407 e. The Kier molecular flexibility index (Phi) is 9.14. The number of amides is 3. The highest BCUT2D eigenvalue weighted by Gasteiger charge is 2.29. The van der Waals surface area contributed by atoms with Crippen LogP contribution in [0, 0.1) is 11.8 Å². The summed E-state index contributed by atoms with van der Waals surface area (Å²) in [6, 6.07) is 14.1. The molecule has 0 saturated heterocycles. The van der Waals surface area contributed by atoms with Crippen LogP contribution in [0.2, 0.25) is 0 Å². The molecule has 2 aromatic rings. The highest BCUT2D eigenvalue weighted by atomic mass is 16.5. The number of carboxylic acids is 2. The van der Waals surface area contributed by atoms with Gasteiger partial charge >= 0.3 is 18.1 Å². The van der Waals surface area contributed by atoms with Crippen molar-refractivity contribution >= 4 is 30.3 Å². The number of hydrogen-bond donors (Lipinski definition) is 4. The van der Waals surface area contributed by atoms with Crippen molar-refractivity contribution in [1.29, 1.82) is 0 Å². The lowest BCUT2D eigenvalue weighted by molar-refractivity contribution is -0.305. The molecule has 0 aliphatic heterocycles. The van der Waals surface area contributed by atoms with Gasteiger partial charge in [-0.05, 0) is 53.9 Å². The third kappa shape index (κ3) is 7.34. The fraction of sp³-hybridized carbons (Fsp3) is 0.393. The van der Waals surface area contributed by atoms with Crippen LogP contribution in [0.25, 0.3) is 11.1 Å². The van der Waals surface area contributed by atoms with E-state index in [-0.39, 0.29) is 24.4 Å². The Balaban J connectivity index is 1.24. The lowest BCUT2D eigenvalue weighted by atomic mass is 9.82. The van der Waals surface area contributed by atoms with E-state index in [9.17, 15) is 24.3 Å². The molecular formula is C28H31N4O7-. The number of nitrogens with zero attached hydrogens (tertiary/aromatic N) is 1. The van der Waals surface area contributed by atoms with Gasteiger partial charge in [0.2, 0.25) is 0 Å². The highest BCUT2D eigenvalue weighted by Crippen LogP contribution is 2.44. The van der Waals surface area contributed by atoms with Gasteiger partial charge in [0.25, 0.3) is 0 Å². The molecule has 4 rings (SSSR count). The van der Waals surface area contributed by atoms with E-state index in [1.807, 2.05) is 48.5 Å². The van der Waals surface area contributed by atoms with Crippen molar-refractivity contribution in [2.45, 2.75) is 44.1 Å². The summed E-state index contributed by atoms with van der Waals surface area (Å²) in [7, 11) is 0. The normalized spacial score (nSPS) is 19.0. The van der Waals surface area contributed by atoms with Gasteiger partial charge in [0, 0.05) is 31.1 Å². The zero-order chi connectivity index (χ0) is 27.8. The summed E-state index contributed by atoms with van der Waals surface area (Å²) in [5, 5.41) is 29.1. The van der Waals surface area contributed by atoms with Gasteiger partial charge in [-0.2, -0.15) is 5.10 Å². The number of alkyl carbamates (subject to hydrolysis) is 1. The first-order valence-corrected chi connectivity index (χ1v) is 12.9. The maximum absolute atomic E-state index is 12.5. The van der Waals surface area contributed by atoms with Crippen LogP contribution in [0.1, 0.15) is 49.1 Å². The van der Waals surface area contributed by atoms with E-state index in [1.165, 1.54) is 0 Å². The number of aliphatic carboxylic acids is 2. The van der Waals surface area contributed by atoms with Crippen molar-refractivity contribution in [2.24, 2.45) is 16.9 Å². The number of carbonyl (C=O) groups excluding carboxylic acids is 3. The number of benzene rings is 2. The summed E-state index contributed by atoms with van der Waals surface area (Å²) in [6.07, 6.45) is 2.27. The van der Waals surface area contributed by atoms with E-state index in [1.54, 1.807) is 0 Å². The molecule has 206 valence electrons. The maximum Gasteiger partial charge on any atom is 0.407 e. The lowest BCUT2D eigenvalue weighted by Gasteiger charge is -2.25. The van der Waals surface area contributed by atoms with Crippen molar-refractivity contribution in [1.82, 2.24) is 16.1 Å². The lowest BCUT2D eigenvalue weighted by Crippen LogP contribution is -2.42. The molecule has 0 heterocycles. The van der Waals surface area contributed by atoms with Gasteiger partial charge in [-0.25, -0.2) is 15.0 Å². The second-order valence-electron chi connectivity index (χ2n) is 9.81. The molecule has 11 nitrogen and oxygen atoms in total. The second kappa shape index (κ2) is 12.9. The third-order valence-electron chi connectivity index (χ3n) is 7.20. The van der Waals surface area contributed by atoms with Crippen LogP contribution in [0.15, 0.2) is 53.6 Å². The van der Waals surface area contributed by atoms with Gasteiger partial charge < -0.3 is 30.4 Å². The molecule has 2 aliphatic rings. The third-order valence-corrected chi connectivity index (χ3v) is 7.20. The minimum Gasteiger partial charge on any atom is -0.550 e. The van der Waals surface area contributed by atoms with Crippen molar-refractivity contribution in [3.05, 3.63) is 59.7 Å². The fourth-order valence-electron chi connectivity index (χ4n) is 5.19. The molecule has 0 radical (unpaired) electrons. The van der Waals surface area contributed by atoms with Crippen LogP contribution in [-0.4, -0.2) is 54.6 Å². The number of urea groups is 1. The Hall–Kier alpha value is -4.41. The standard InChI is InChI=1S/C28H32N4O7/c33-25(34)13-19(15-30-32-27(37)29-14-17-9-11-18(12-10-17)26(35)36)31-28(38)39-16-24-22-7-3-1-5-20(22)21-6-2-4-8-23(21)24/h1-8,15,17-19,24H,9-14,16H2,(H,31,38)(H,33,34)(H,35,36)(H2,29,32,37)/p-1/b30-15+/t17?,18?,19-/m0/s1. The van der Waals surface area contributed by atoms with E-state index >= 15 is 0 Å². The van der Waals surface area contributed by atoms with E-state index in [0.717, 1.165) is 28.5 Å². The van der Waals surface area contributed by atoms with Crippen LogP contribution < -0.4 is 21.2 Å². The van der Waals surface area contributed by atoms with Crippen LogP contribution in [0.3, 0.4) is 0 Å². The Labute approximate surface area is 225 Å². The number of carboxylic acid groups (broad SMARTS) is 2. The number of rotatable bonds is 10. The van der Waals surface area contributed by atoms with Crippen molar-refractivity contribution < 1.29 is 34.1 Å². The van der Waals surface area contributed by atoms with Crippen LogP contribution >= 0.6 is 0 Å². The molecule has 0 spiro atoms. The van der Waals surface area contributed by atoms with Gasteiger partial charge in [-0.3, -0.25) is 4.79 Å². The number of carbonyl (C=O) groups is 4. The zero-order valence-electron chi connectivity index (χ0n) is 21.3. The molecule has 3 amide bonds. The van der Waals surface area contributed by atoms with E-state index < -0.39 is 36.5 Å². The molecule has 0 unspecified atom stereocenters. The maximum atomic E-state index is 12.5. The number of fused-ring (bicyclic) bond motifs is 3. The Morgan fingerprint density at radius 3 is 2.21 bits per heavy atom. The molecule has 11 heteroatoms. The molecule has 1 atom stereocenters. The first kappa shape index (κ1) is 27.6. The number of nitrogens with one attached hydrogen (secondary N) is 3. The van der Waals surface area contributed by atoms with Crippen molar-refractivity contribution in [3.63, 3.8) is 0 Å². The first-order chi connectivity index (χ1) is 18.8. The van der Waals surface area contributed by atoms with Gasteiger partial charge in [-0.1, -0.05) is 48.5 Å². The minimum atomic E-state index is -1.41. The van der Waals surface area contributed by atoms with E-state index in [4.69, 9.17) is 9.84 Å². The predicted molar refractivity (Wildman–Crippen MR) is 140 cm³/mol. The molecule has 1 saturated carbocycles. The highest BCUT2D eigenvalue weighted by molar-refractivity contribution is 5.82. The van der Waals surface area contributed by atoms with E-state index in [0.29, 0.717) is 32.2 Å². The van der Waals surface area contributed by atoms with Crippen LogP contribution in [0.4, 0.5) is 9.59 Å². The summed E-state index contributed by atoms with van der Waals surface area (Å²) < 4.78 is 5.45. The number of hydrogen-bond acceptors (Lipinski definition) is 7. The Bertz CT molecular complexity index is 1190. The van der Waals surface area contributed by atoms with Gasteiger partial charge in [0.1, 0.15) is 6.61 Å². The Morgan fingerprint density at radius 2 is 1.62 bits per heavy atom. The van der Waals surface area contributed by atoms with Crippen LogP contribution in [-0.2, 0) is 14.3 Å². The monoisotopic (exact) mass is 535 g/mol. The first-order valence-electron chi connectivity index (χ1n) is 12.9. The quantitative estimate of drug-likeness (QED) is 0.267. The van der Waals surface area contributed by atoms with Gasteiger partial charge in [0.15, 0.2) is 0 Å². The minimum absolute atomic E-state index is 0.0596. The molecule has 2 aromatic carbocycles. The molecule has 0 bridgehead atoms. The largest absolute Gasteiger partial charge is 0.550 e. The molecule has 2 aliphatic carbocycles. The second-order valence-corrected chi connectivity index (χ2v) is 9.81. The summed E-state index contributed by atoms with van der Waals surface area (Å²) in [6.45, 7) is 0.429. The number of ether oxygens (including phenoxy) is 1. The molecule has 4 N–H and O–H groups in total. The van der Waals surface area contributed by atoms with Crippen molar-refractivity contribution in [2.75, 3.05) is 13.2 Å².